The van der Waals surface area contributed by atoms with Crippen molar-refractivity contribution in [2.24, 2.45) is 0 Å². The number of nitrogens with one attached hydrogen (secondary N) is 1. The average molecular weight is 400 g/mol. The van der Waals surface area contributed by atoms with Gasteiger partial charge in [-0.2, -0.15) is 0 Å². The molecular formula is C14H16N4O6S2. The van der Waals surface area contributed by atoms with Crippen molar-refractivity contribution in [3.8, 4) is 0 Å². The third kappa shape index (κ3) is 3.03. The summed E-state index contributed by atoms with van der Waals surface area (Å²) in [6, 6.07) is 2.42. The van der Waals surface area contributed by atoms with Gasteiger partial charge in [0.25, 0.3) is 0 Å². The smallest absolute Gasteiger partial charge is 0.360 e. The van der Waals surface area contributed by atoms with Gasteiger partial charge in [0, 0.05) is 0 Å². The molecule has 4 heterocycles. The van der Waals surface area contributed by atoms with E-state index in [1.165, 1.54) is 18.0 Å². The molecule has 10 nitrogen and oxygen atoms in total. The lowest BCUT2D eigenvalue weighted by Gasteiger charge is -2.17. The van der Waals surface area contributed by atoms with Gasteiger partial charge < -0.3 is 14.2 Å². The number of carbonyl (C=O) groups is 1. The lowest BCUT2D eigenvalue weighted by Crippen LogP contribution is -2.43. The summed E-state index contributed by atoms with van der Waals surface area (Å²) < 4.78 is 45.3. The van der Waals surface area contributed by atoms with Crippen molar-refractivity contribution < 1.29 is 27.4 Å². The van der Waals surface area contributed by atoms with E-state index in [0.717, 1.165) is 11.3 Å². The highest BCUT2D eigenvalue weighted by Crippen LogP contribution is 2.34. The van der Waals surface area contributed by atoms with E-state index in [4.69, 9.17) is 9.47 Å². The molecule has 2 aliphatic rings. The molecule has 2 saturated heterocycles. The zero-order valence-corrected chi connectivity index (χ0v) is 15.3. The summed E-state index contributed by atoms with van der Waals surface area (Å²) in [7, 11) is -2.35. The van der Waals surface area contributed by atoms with Gasteiger partial charge in [-0.05, 0) is 11.4 Å². The number of nitrogens with zero attached hydrogens (tertiary/aromatic N) is 3. The Kier molecular flexibility index (Phi) is 4.52. The highest BCUT2D eigenvalue weighted by atomic mass is 32.2. The van der Waals surface area contributed by atoms with Crippen LogP contribution in [0.5, 0.6) is 0 Å². The van der Waals surface area contributed by atoms with E-state index in [1.54, 1.807) is 17.5 Å². The normalized spacial score (nSPS) is 28.2. The molecule has 0 spiro atoms. The van der Waals surface area contributed by atoms with Crippen LogP contribution >= 0.6 is 11.3 Å². The lowest BCUT2D eigenvalue weighted by atomic mass is 10.1. The van der Waals surface area contributed by atoms with E-state index in [0.29, 0.717) is 0 Å². The number of ether oxygens (including phenoxy) is 3. The number of sulfonamides is 1. The fourth-order valence-electron chi connectivity index (χ4n) is 3.12. The fraction of sp³-hybridized carbons (Fsp3) is 0.500. The number of hydrogen-bond donors (Lipinski definition) is 1. The molecule has 4 atom stereocenters. The summed E-state index contributed by atoms with van der Waals surface area (Å²) in [4.78, 5) is 11.5. The first-order valence-corrected chi connectivity index (χ1v) is 10.1. The maximum atomic E-state index is 12.4. The molecule has 1 N–H and O–H groups in total. The summed E-state index contributed by atoms with van der Waals surface area (Å²) >= 11 is 1.15. The summed E-state index contributed by atoms with van der Waals surface area (Å²) in [6.07, 6.45) is 0.633. The second-order valence-corrected chi connectivity index (χ2v) is 8.79. The standard InChI is InChI=1S/C14H16N4O6S2/c1-22-14(19)8-5-18(17-15-8)10-7-24-12-9(6-23-13(10)12)16-26(20,21)11-3-2-4-25-11/h2-5,9-10,12-13,16H,6-7H2,1H3. The van der Waals surface area contributed by atoms with Crippen LogP contribution in [-0.4, -0.2) is 68.0 Å². The number of rotatable bonds is 5. The number of hydrogen-bond acceptors (Lipinski definition) is 9. The zero-order chi connectivity index (χ0) is 18.3. The van der Waals surface area contributed by atoms with Gasteiger partial charge >= 0.3 is 5.97 Å². The van der Waals surface area contributed by atoms with Crippen molar-refractivity contribution in [3.63, 3.8) is 0 Å². The number of esters is 1. The second kappa shape index (κ2) is 6.70. The Hall–Kier alpha value is -1.86. The highest BCUT2D eigenvalue weighted by Gasteiger charge is 2.50. The Morgan fingerprint density at radius 3 is 2.92 bits per heavy atom. The van der Waals surface area contributed by atoms with Gasteiger partial charge in [-0.1, -0.05) is 11.3 Å². The molecule has 26 heavy (non-hydrogen) atoms. The fourth-order valence-corrected chi connectivity index (χ4v) is 5.36. The molecule has 140 valence electrons. The van der Waals surface area contributed by atoms with Crippen molar-refractivity contribution in [1.29, 1.82) is 0 Å². The van der Waals surface area contributed by atoms with Gasteiger partial charge in [-0.15, -0.1) is 16.4 Å². The number of thiophene rings is 1. The number of aromatic nitrogens is 3. The molecule has 0 radical (unpaired) electrons. The minimum Gasteiger partial charge on any atom is -0.464 e. The molecule has 2 aromatic heterocycles. The van der Waals surface area contributed by atoms with Crippen LogP contribution < -0.4 is 4.72 Å². The third-order valence-electron chi connectivity index (χ3n) is 4.34. The molecular weight excluding hydrogens is 384 g/mol. The molecule has 0 saturated carbocycles. The first-order chi connectivity index (χ1) is 12.5. The third-order valence-corrected chi connectivity index (χ3v) is 7.23. The van der Waals surface area contributed by atoms with E-state index in [-0.39, 0.29) is 29.2 Å². The maximum absolute atomic E-state index is 12.4. The number of fused-ring (bicyclic) bond motifs is 1. The molecule has 2 aromatic rings. The molecule has 2 aliphatic heterocycles. The van der Waals surface area contributed by atoms with Crippen LogP contribution in [-0.2, 0) is 24.2 Å². The summed E-state index contributed by atoms with van der Waals surface area (Å²) in [5.74, 6) is -0.583. The van der Waals surface area contributed by atoms with Crippen LogP contribution in [0.3, 0.4) is 0 Å². The van der Waals surface area contributed by atoms with Crippen molar-refractivity contribution in [2.45, 2.75) is 28.5 Å². The van der Waals surface area contributed by atoms with Gasteiger partial charge in [0.15, 0.2) is 5.69 Å². The summed E-state index contributed by atoms with van der Waals surface area (Å²) in [6.45, 7) is 0.464. The topological polar surface area (TPSA) is 122 Å². The Morgan fingerprint density at radius 1 is 1.38 bits per heavy atom. The molecule has 0 aliphatic carbocycles. The van der Waals surface area contributed by atoms with E-state index in [1.807, 2.05) is 0 Å². The Balaban J connectivity index is 1.48. The molecule has 4 unspecified atom stereocenters. The van der Waals surface area contributed by atoms with Crippen molar-refractivity contribution in [2.75, 3.05) is 20.3 Å². The minimum absolute atomic E-state index is 0.0869. The van der Waals surface area contributed by atoms with Crippen molar-refractivity contribution >= 4 is 27.3 Å². The SMILES string of the molecule is COC(=O)c1cn(C2COC3C(NS(=O)(=O)c4cccs4)COC32)nn1. The van der Waals surface area contributed by atoms with Gasteiger partial charge in [-0.25, -0.2) is 22.6 Å². The monoisotopic (exact) mass is 400 g/mol. The number of carbonyl (C=O) groups excluding carboxylic acids is 1. The first-order valence-electron chi connectivity index (χ1n) is 7.79. The largest absolute Gasteiger partial charge is 0.464 e. The average Bonchev–Trinajstić information content (AvgIpc) is 3.38. The number of methoxy groups -OCH3 is 1. The Morgan fingerprint density at radius 2 is 2.19 bits per heavy atom. The van der Waals surface area contributed by atoms with Crippen LogP contribution in [0.2, 0.25) is 0 Å². The van der Waals surface area contributed by atoms with E-state index in [2.05, 4.69) is 19.8 Å². The van der Waals surface area contributed by atoms with E-state index < -0.39 is 34.2 Å². The second-order valence-electron chi connectivity index (χ2n) is 5.90. The van der Waals surface area contributed by atoms with Gasteiger partial charge in [0.2, 0.25) is 10.0 Å². The van der Waals surface area contributed by atoms with E-state index >= 15 is 0 Å². The van der Waals surface area contributed by atoms with Crippen LogP contribution in [0.25, 0.3) is 0 Å². The quantitative estimate of drug-likeness (QED) is 0.686. The minimum atomic E-state index is -3.62. The predicted octanol–water partition coefficient (Wildman–Crippen LogP) is -0.188. The van der Waals surface area contributed by atoms with Crippen LogP contribution in [0.4, 0.5) is 0 Å². The Labute approximate surface area is 153 Å². The zero-order valence-electron chi connectivity index (χ0n) is 13.6. The van der Waals surface area contributed by atoms with Crippen LogP contribution in [0, 0.1) is 0 Å². The molecule has 4 rings (SSSR count). The van der Waals surface area contributed by atoms with Crippen molar-refractivity contribution in [3.05, 3.63) is 29.4 Å². The first kappa shape index (κ1) is 17.5. The Bertz CT molecular complexity index is 896. The van der Waals surface area contributed by atoms with Crippen LogP contribution in [0.15, 0.2) is 27.9 Å². The summed E-state index contributed by atoms with van der Waals surface area (Å²) in [5, 5.41) is 9.41. The summed E-state index contributed by atoms with van der Waals surface area (Å²) in [5.41, 5.74) is 0.0869. The molecule has 0 amide bonds. The molecule has 12 heteroatoms. The lowest BCUT2D eigenvalue weighted by molar-refractivity contribution is 0.0592. The predicted molar refractivity (Wildman–Crippen MR) is 88.3 cm³/mol. The van der Waals surface area contributed by atoms with Gasteiger partial charge in [0.05, 0.1) is 32.6 Å². The van der Waals surface area contributed by atoms with Crippen LogP contribution in [0.1, 0.15) is 16.5 Å². The molecule has 0 bridgehead atoms. The maximum Gasteiger partial charge on any atom is 0.360 e. The highest BCUT2D eigenvalue weighted by molar-refractivity contribution is 7.91. The molecule has 2 fully saturated rings. The van der Waals surface area contributed by atoms with E-state index in [9.17, 15) is 13.2 Å². The molecule has 0 aromatic carbocycles. The van der Waals surface area contributed by atoms with Gasteiger partial charge in [-0.3, -0.25) is 0 Å². The van der Waals surface area contributed by atoms with Gasteiger partial charge in [0.1, 0.15) is 22.5 Å². The van der Waals surface area contributed by atoms with Crippen molar-refractivity contribution in [1.82, 2.24) is 19.7 Å².